The lowest BCUT2D eigenvalue weighted by atomic mass is 9.94. The van der Waals surface area contributed by atoms with Gasteiger partial charge in [0, 0.05) is 42.3 Å². The molecule has 1 aromatic carbocycles. The van der Waals surface area contributed by atoms with Crippen LogP contribution in [-0.2, 0) is 0 Å². The molecule has 1 fully saturated rings. The van der Waals surface area contributed by atoms with E-state index in [2.05, 4.69) is 40.0 Å². The Morgan fingerprint density at radius 1 is 1.35 bits per heavy atom. The monoisotopic (exact) mass is 344 g/mol. The van der Waals surface area contributed by atoms with Crippen LogP contribution in [0.3, 0.4) is 0 Å². The third-order valence-corrected chi connectivity index (χ3v) is 4.16. The van der Waals surface area contributed by atoms with E-state index in [9.17, 15) is 9.50 Å². The van der Waals surface area contributed by atoms with Gasteiger partial charge in [-0.25, -0.2) is 4.39 Å². The summed E-state index contributed by atoms with van der Waals surface area (Å²) in [6.45, 7) is 8.02. The summed E-state index contributed by atoms with van der Waals surface area (Å²) in [5.74, 6) is -0.285. The Morgan fingerprint density at radius 2 is 2.00 bits per heavy atom. The first-order chi connectivity index (χ1) is 9.49. The lowest BCUT2D eigenvalue weighted by Crippen LogP contribution is -2.45. The fourth-order valence-electron chi connectivity index (χ4n) is 2.75. The molecule has 0 amide bonds. The molecule has 112 valence electrons. The van der Waals surface area contributed by atoms with Gasteiger partial charge in [0.25, 0.3) is 0 Å². The molecular weight excluding hydrogens is 323 g/mol. The maximum atomic E-state index is 13.8. The summed E-state index contributed by atoms with van der Waals surface area (Å²) < 4.78 is 14.5. The van der Waals surface area contributed by atoms with Crippen LogP contribution in [0.5, 0.6) is 5.75 Å². The standard InChI is InChI=1S/C15H22BrFN2O/c1-10(2)7-14(19-5-3-18-4-6-19)12-8-11(16)9-13(17)15(12)20/h8-10,14,18,20H,3-7H2,1-2H3/t14-/m1/s1. The van der Waals surface area contributed by atoms with E-state index in [-0.39, 0.29) is 11.8 Å². The third kappa shape index (κ3) is 3.71. The molecule has 0 unspecified atom stereocenters. The lowest BCUT2D eigenvalue weighted by Gasteiger charge is -2.36. The number of piperazine rings is 1. The number of phenolic OH excluding ortho intramolecular Hbond substituents is 1. The lowest BCUT2D eigenvalue weighted by molar-refractivity contribution is 0.151. The zero-order valence-electron chi connectivity index (χ0n) is 12.0. The molecule has 3 nitrogen and oxygen atoms in total. The van der Waals surface area contributed by atoms with Crippen molar-refractivity contribution in [3.05, 3.63) is 28.0 Å². The molecule has 0 radical (unpaired) electrons. The van der Waals surface area contributed by atoms with E-state index < -0.39 is 5.82 Å². The SMILES string of the molecule is CC(C)C[C@H](c1cc(Br)cc(F)c1O)N1CCNCC1. The van der Waals surface area contributed by atoms with Crippen LogP contribution in [0.2, 0.25) is 0 Å². The van der Waals surface area contributed by atoms with Gasteiger partial charge in [-0.2, -0.15) is 0 Å². The number of hydrogen-bond acceptors (Lipinski definition) is 3. The first-order valence-electron chi connectivity index (χ1n) is 7.11. The Morgan fingerprint density at radius 3 is 2.60 bits per heavy atom. The molecule has 1 aromatic rings. The molecule has 2 rings (SSSR count). The van der Waals surface area contributed by atoms with Crippen molar-refractivity contribution in [2.24, 2.45) is 5.92 Å². The minimum absolute atomic E-state index is 0.0594. The zero-order chi connectivity index (χ0) is 14.7. The first-order valence-corrected chi connectivity index (χ1v) is 7.91. The Balaban J connectivity index is 2.34. The average molecular weight is 345 g/mol. The normalized spacial score (nSPS) is 18.4. The van der Waals surface area contributed by atoms with Gasteiger partial charge < -0.3 is 10.4 Å². The molecule has 0 bridgehead atoms. The van der Waals surface area contributed by atoms with Crippen LogP contribution < -0.4 is 5.32 Å². The number of hydrogen-bond donors (Lipinski definition) is 2. The number of nitrogens with one attached hydrogen (secondary N) is 1. The highest BCUT2D eigenvalue weighted by Crippen LogP contribution is 2.37. The van der Waals surface area contributed by atoms with Crippen LogP contribution in [-0.4, -0.2) is 36.2 Å². The molecule has 1 aliphatic heterocycles. The first kappa shape index (κ1) is 15.7. The summed E-state index contributed by atoms with van der Waals surface area (Å²) in [7, 11) is 0. The molecule has 0 aliphatic carbocycles. The van der Waals surface area contributed by atoms with Crippen LogP contribution in [0.1, 0.15) is 31.9 Å². The van der Waals surface area contributed by atoms with Crippen LogP contribution >= 0.6 is 15.9 Å². The van der Waals surface area contributed by atoms with Crippen LogP contribution in [0.25, 0.3) is 0 Å². The number of nitrogens with zero attached hydrogens (tertiary/aromatic N) is 1. The number of benzene rings is 1. The molecular formula is C15H22BrFN2O. The van der Waals surface area contributed by atoms with Gasteiger partial charge in [-0.15, -0.1) is 0 Å². The second kappa shape index (κ2) is 6.87. The third-order valence-electron chi connectivity index (χ3n) is 3.70. The van der Waals surface area contributed by atoms with E-state index in [1.807, 2.05) is 6.07 Å². The average Bonchev–Trinajstić information content (AvgIpc) is 2.41. The summed E-state index contributed by atoms with van der Waals surface area (Å²) in [5.41, 5.74) is 0.687. The van der Waals surface area contributed by atoms with E-state index >= 15 is 0 Å². The minimum atomic E-state index is -0.557. The highest BCUT2D eigenvalue weighted by Gasteiger charge is 2.26. The molecule has 5 heteroatoms. The summed E-state index contributed by atoms with van der Waals surface area (Å²) >= 11 is 3.32. The minimum Gasteiger partial charge on any atom is -0.505 e. The van der Waals surface area contributed by atoms with Crippen LogP contribution in [0, 0.1) is 11.7 Å². The van der Waals surface area contributed by atoms with Crippen molar-refractivity contribution in [2.45, 2.75) is 26.3 Å². The quantitative estimate of drug-likeness (QED) is 0.879. The van der Waals surface area contributed by atoms with Crippen LogP contribution in [0.15, 0.2) is 16.6 Å². The molecule has 1 atom stereocenters. The second-order valence-corrected chi connectivity index (χ2v) is 6.67. The molecule has 0 saturated carbocycles. The van der Waals surface area contributed by atoms with Gasteiger partial charge in [0.15, 0.2) is 11.6 Å². The Hall–Kier alpha value is -0.650. The van der Waals surface area contributed by atoms with E-state index in [0.29, 0.717) is 16.0 Å². The van der Waals surface area contributed by atoms with Gasteiger partial charge in [-0.1, -0.05) is 29.8 Å². The molecule has 1 heterocycles. The van der Waals surface area contributed by atoms with Crippen molar-refractivity contribution in [1.82, 2.24) is 10.2 Å². The number of aromatic hydroxyl groups is 1. The Bertz CT molecular complexity index is 461. The molecule has 20 heavy (non-hydrogen) atoms. The molecule has 2 N–H and O–H groups in total. The second-order valence-electron chi connectivity index (χ2n) is 5.76. The molecule has 1 saturated heterocycles. The van der Waals surface area contributed by atoms with Crippen molar-refractivity contribution < 1.29 is 9.50 Å². The number of phenols is 1. The number of halogens is 2. The van der Waals surface area contributed by atoms with Gasteiger partial charge in [-0.05, 0) is 24.5 Å². The van der Waals surface area contributed by atoms with Crippen molar-refractivity contribution in [1.29, 1.82) is 0 Å². The summed E-state index contributed by atoms with van der Waals surface area (Å²) in [6.07, 6.45) is 0.906. The van der Waals surface area contributed by atoms with E-state index in [1.54, 1.807) is 0 Å². The van der Waals surface area contributed by atoms with Gasteiger partial charge in [-0.3, -0.25) is 4.90 Å². The fraction of sp³-hybridized carbons (Fsp3) is 0.600. The fourth-order valence-corrected chi connectivity index (χ4v) is 3.20. The zero-order valence-corrected chi connectivity index (χ0v) is 13.6. The van der Waals surface area contributed by atoms with Crippen molar-refractivity contribution in [3.63, 3.8) is 0 Å². The Kier molecular flexibility index (Phi) is 5.41. The largest absolute Gasteiger partial charge is 0.505 e. The van der Waals surface area contributed by atoms with Crippen molar-refractivity contribution in [2.75, 3.05) is 26.2 Å². The van der Waals surface area contributed by atoms with Crippen LogP contribution in [0.4, 0.5) is 4.39 Å². The van der Waals surface area contributed by atoms with Crippen molar-refractivity contribution >= 4 is 15.9 Å². The van der Waals surface area contributed by atoms with Gasteiger partial charge in [0.2, 0.25) is 0 Å². The maximum absolute atomic E-state index is 13.8. The highest BCUT2D eigenvalue weighted by molar-refractivity contribution is 9.10. The smallest absolute Gasteiger partial charge is 0.166 e. The van der Waals surface area contributed by atoms with E-state index in [4.69, 9.17) is 0 Å². The summed E-state index contributed by atoms with van der Waals surface area (Å²) in [4.78, 5) is 2.33. The highest BCUT2D eigenvalue weighted by atomic mass is 79.9. The van der Waals surface area contributed by atoms with Gasteiger partial charge >= 0.3 is 0 Å². The topological polar surface area (TPSA) is 35.5 Å². The van der Waals surface area contributed by atoms with E-state index in [0.717, 1.165) is 32.6 Å². The van der Waals surface area contributed by atoms with Gasteiger partial charge in [0.05, 0.1) is 0 Å². The van der Waals surface area contributed by atoms with Crippen molar-refractivity contribution in [3.8, 4) is 5.75 Å². The predicted molar refractivity (Wildman–Crippen MR) is 82.4 cm³/mol. The maximum Gasteiger partial charge on any atom is 0.166 e. The van der Waals surface area contributed by atoms with E-state index in [1.165, 1.54) is 6.07 Å². The predicted octanol–water partition coefficient (Wildman–Crippen LogP) is 3.29. The summed E-state index contributed by atoms with van der Waals surface area (Å²) in [5, 5.41) is 13.4. The van der Waals surface area contributed by atoms with Gasteiger partial charge in [0.1, 0.15) is 0 Å². The molecule has 0 aromatic heterocycles. The Labute approximate surface area is 128 Å². The number of rotatable bonds is 4. The molecule has 0 spiro atoms. The molecule has 1 aliphatic rings. The summed E-state index contributed by atoms with van der Waals surface area (Å²) in [6, 6.07) is 3.21.